The van der Waals surface area contributed by atoms with E-state index in [1.807, 2.05) is 24.3 Å². The molecular formula is C16H19N3O4. The fourth-order valence-corrected chi connectivity index (χ4v) is 1.98. The van der Waals surface area contributed by atoms with Crippen LogP contribution in [0.5, 0.6) is 11.5 Å². The van der Waals surface area contributed by atoms with Crippen molar-refractivity contribution < 1.29 is 19.0 Å². The van der Waals surface area contributed by atoms with E-state index in [0.29, 0.717) is 31.9 Å². The van der Waals surface area contributed by atoms with Gasteiger partial charge in [0.25, 0.3) is 5.91 Å². The van der Waals surface area contributed by atoms with E-state index in [-0.39, 0.29) is 12.4 Å². The first-order chi connectivity index (χ1) is 11.2. The van der Waals surface area contributed by atoms with Gasteiger partial charge in [-0.25, -0.2) is 0 Å². The molecule has 0 atom stereocenters. The maximum Gasteiger partial charge on any atom is 0.263 e. The highest BCUT2D eigenvalue weighted by atomic mass is 16.7. The SMILES string of the molecule is COCCCNC(=O)/C(C#N)=C\NCc1ccc2c(c1)OCO2. The molecule has 0 bridgehead atoms. The molecule has 0 fully saturated rings. The smallest absolute Gasteiger partial charge is 0.263 e. The van der Waals surface area contributed by atoms with Crippen LogP contribution in [-0.4, -0.2) is 33.0 Å². The molecule has 2 rings (SSSR count). The summed E-state index contributed by atoms with van der Waals surface area (Å²) in [4.78, 5) is 11.8. The van der Waals surface area contributed by atoms with Gasteiger partial charge < -0.3 is 24.8 Å². The number of nitrogens with zero attached hydrogens (tertiary/aromatic N) is 1. The van der Waals surface area contributed by atoms with Gasteiger partial charge in [0, 0.05) is 33.0 Å². The molecule has 23 heavy (non-hydrogen) atoms. The summed E-state index contributed by atoms with van der Waals surface area (Å²) in [5.41, 5.74) is 0.992. The number of nitrogens with one attached hydrogen (secondary N) is 2. The molecule has 0 saturated carbocycles. The zero-order chi connectivity index (χ0) is 16.5. The van der Waals surface area contributed by atoms with Gasteiger partial charge in [0.1, 0.15) is 11.6 Å². The molecule has 0 saturated heterocycles. The van der Waals surface area contributed by atoms with E-state index in [4.69, 9.17) is 19.5 Å². The number of hydrogen-bond donors (Lipinski definition) is 2. The molecule has 1 aliphatic heterocycles. The van der Waals surface area contributed by atoms with Crippen LogP contribution < -0.4 is 20.1 Å². The van der Waals surface area contributed by atoms with Crippen molar-refractivity contribution in [2.75, 3.05) is 27.1 Å². The van der Waals surface area contributed by atoms with Crippen LogP contribution in [0.25, 0.3) is 0 Å². The van der Waals surface area contributed by atoms with Crippen LogP contribution in [0.4, 0.5) is 0 Å². The summed E-state index contributed by atoms with van der Waals surface area (Å²) in [6, 6.07) is 7.47. The zero-order valence-corrected chi connectivity index (χ0v) is 12.9. The fourth-order valence-electron chi connectivity index (χ4n) is 1.98. The number of ether oxygens (including phenoxy) is 3. The Kier molecular flexibility index (Phi) is 6.27. The molecule has 0 unspecified atom stereocenters. The molecule has 1 heterocycles. The van der Waals surface area contributed by atoms with Crippen molar-refractivity contribution >= 4 is 5.91 Å². The molecule has 0 aliphatic carbocycles. The number of amides is 1. The number of carbonyl (C=O) groups excluding carboxylic acids is 1. The van der Waals surface area contributed by atoms with Gasteiger partial charge in [0.05, 0.1) is 0 Å². The van der Waals surface area contributed by atoms with Crippen LogP contribution in [0.1, 0.15) is 12.0 Å². The summed E-state index contributed by atoms with van der Waals surface area (Å²) < 4.78 is 15.4. The summed E-state index contributed by atoms with van der Waals surface area (Å²) >= 11 is 0. The van der Waals surface area contributed by atoms with E-state index in [9.17, 15) is 4.79 Å². The Morgan fingerprint density at radius 1 is 1.43 bits per heavy atom. The van der Waals surface area contributed by atoms with Crippen molar-refractivity contribution in [3.05, 3.63) is 35.5 Å². The first-order valence-electron chi connectivity index (χ1n) is 7.24. The Morgan fingerprint density at radius 3 is 3.04 bits per heavy atom. The highest BCUT2D eigenvalue weighted by Crippen LogP contribution is 2.32. The summed E-state index contributed by atoms with van der Waals surface area (Å²) in [7, 11) is 1.60. The lowest BCUT2D eigenvalue weighted by Gasteiger charge is -2.05. The number of hydrogen-bond acceptors (Lipinski definition) is 6. The number of rotatable bonds is 8. The van der Waals surface area contributed by atoms with Crippen molar-refractivity contribution in [3.63, 3.8) is 0 Å². The van der Waals surface area contributed by atoms with Gasteiger partial charge in [-0.1, -0.05) is 6.07 Å². The van der Waals surface area contributed by atoms with Crippen LogP contribution in [0.3, 0.4) is 0 Å². The Balaban J connectivity index is 1.82. The second-order valence-electron chi connectivity index (χ2n) is 4.84. The average molecular weight is 317 g/mol. The quantitative estimate of drug-likeness (QED) is 0.423. The van der Waals surface area contributed by atoms with Gasteiger partial charge >= 0.3 is 0 Å². The number of benzene rings is 1. The molecule has 7 nitrogen and oxygen atoms in total. The van der Waals surface area contributed by atoms with E-state index in [2.05, 4.69) is 10.6 Å². The third-order valence-corrected chi connectivity index (χ3v) is 3.17. The Labute approximate surface area is 134 Å². The van der Waals surface area contributed by atoms with Gasteiger partial charge in [0.2, 0.25) is 6.79 Å². The Morgan fingerprint density at radius 2 is 2.26 bits per heavy atom. The van der Waals surface area contributed by atoms with E-state index >= 15 is 0 Å². The second-order valence-corrected chi connectivity index (χ2v) is 4.84. The summed E-state index contributed by atoms with van der Waals surface area (Å²) in [6.45, 7) is 1.73. The van der Waals surface area contributed by atoms with Gasteiger partial charge in [-0.2, -0.15) is 5.26 Å². The predicted molar refractivity (Wildman–Crippen MR) is 82.6 cm³/mol. The normalized spacial score (nSPS) is 12.6. The molecule has 1 aliphatic rings. The molecule has 0 spiro atoms. The monoisotopic (exact) mass is 317 g/mol. The largest absolute Gasteiger partial charge is 0.454 e. The minimum absolute atomic E-state index is 0.0307. The number of nitriles is 1. The van der Waals surface area contributed by atoms with Crippen molar-refractivity contribution in [2.24, 2.45) is 0 Å². The van der Waals surface area contributed by atoms with Gasteiger partial charge in [-0.15, -0.1) is 0 Å². The van der Waals surface area contributed by atoms with Crippen molar-refractivity contribution in [1.82, 2.24) is 10.6 Å². The van der Waals surface area contributed by atoms with Crippen molar-refractivity contribution in [1.29, 1.82) is 5.26 Å². The van der Waals surface area contributed by atoms with E-state index in [1.165, 1.54) is 6.20 Å². The number of fused-ring (bicyclic) bond motifs is 1. The standard InChI is InChI=1S/C16H19N3O4/c1-21-6-2-5-19-16(20)13(8-17)10-18-9-12-3-4-14-15(7-12)23-11-22-14/h3-4,7,10,18H,2,5-6,9,11H2,1H3,(H,19,20)/b13-10-. The minimum atomic E-state index is -0.401. The molecule has 7 heteroatoms. The molecule has 122 valence electrons. The predicted octanol–water partition coefficient (Wildman–Crippen LogP) is 1.07. The lowest BCUT2D eigenvalue weighted by molar-refractivity contribution is -0.117. The fraction of sp³-hybridized carbons (Fsp3) is 0.375. The van der Waals surface area contributed by atoms with E-state index in [0.717, 1.165) is 11.3 Å². The second kappa shape index (κ2) is 8.66. The summed E-state index contributed by atoms with van der Waals surface area (Å²) in [5, 5.41) is 14.7. The Bertz CT molecular complexity index is 622. The summed E-state index contributed by atoms with van der Waals surface area (Å²) in [5.74, 6) is 1.02. The third-order valence-electron chi connectivity index (χ3n) is 3.17. The topological polar surface area (TPSA) is 92.6 Å². The minimum Gasteiger partial charge on any atom is -0.454 e. The van der Waals surface area contributed by atoms with Crippen LogP contribution >= 0.6 is 0 Å². The van der Waals surface area contributed by atoms with Crippen molar-refractivity contribution in [3.8, 4) is 17.6 Å². The first-order valence-corrected chi connectivity index (χ1v) is 7.24. The lowest BCUT2D eigenvalue weighted by Crippen LogP contribution is -2.27. The van der Waals surface area contributed by atoms with Gasteiger partial charge in [-0.3, -0.25) is 4.79 Å². The molecule has 0 aromatic heterocycles. The molecule has 1 amide bonds. The molecule has 1 aromatic rings. The summed E-state index contributed by atoms with van der Waals surface area (Å²) in [6.07, 6.45) is 2.11. The first kappa shape index (κ1) is 16.6. The average Bonchev–Trinajstić information content (AvgIpc) is 3.03. The third kappa shape index (κ3) is 4.90. The number of carbonyl (C=O) groups is 1. The molecular weight excluding hydrogens is 298 g/mol. The maximum atomic E-state index is 11.8. The van der Waals surface area contributed by atoms with Crippen LogP contribution in [-0.2, 0) is 16.1 Å². The van der Waals surface area contributed by atoms with Gasteiger partial charge in [0.15, 0.2) is 11.5 Å². The molecule has 2 N–H and O–H groups in total. The van der Waals surface area contributed by atoms with Crippen molar-refractivity contribution in [2.45, 2.75) is 13.0 Å². The van der Waals surface area contributed by atoms with Crippen LogP contribution in [0.15, 0.2) is 30.0 Å². The molecule has 0 radical (unpaired) electrons. The highest BCUT2D eigenvalue weighted by Gasteiger charge is 2.13. The van der Waals surface area contributed by atoms with E-state index in [1.54, 1.807) is 7.11 Å². The lowest BCUT2D eigenvalue weighted by atomic mass is 10.2. The van der Waals surface area contributed by atoms with Gasteiger partial charge in [-0.05, 0) is 24.1 Å². The van der Waals surface area contributed by atoms with Crippen LogP contribution in [0.2, 0.25) is 0 Å². The maximum absolute atomic E-state index is 11.8. The number of methoxy groups -OCH3 is 1. The highest BCUT2D eigenvalue weighted by molar-refractivity contribution is 5.97. The zero-order valence-electron chi connectivity index (χ0n) is 12.9. The van der Waals surface area contributed by atoms with E-state index < -0.39 is 5.91 Å². The van der Waals surface area contributed by atoms with Crippen LogP contribution in [0, 0.1) is 11.3 Å². The molecule has 1 aromatic carbocycles. The Hall–Kier alpha value is -2.72.